The lowest BCUT2D eigenvalue weighted by Crippen LogP contribution is -2.27. The van der Waals surface area contributed by atoms with Crippen molar-refractivity contribution in [2.75, 3.05) is 6.54 Å². The molecule has 0 aliphatic heterocycles. The van der Waals surface area contributed by atoms with Crippen LogP contribution in [-0.4, -0.2) is 27.4 Å². The molecule has 0 saturated carbocycles. The van der Waals surface area contributed by atoms with Crippen LogP contribution in [0.25, 0.3) is 0 Å². The molecule has 0 spiro atoms. The maximum absolute atomic E-state index is 11.6. The van der Waals surface area contributed by atoms with E-state index in [4.69, 9.17) is 0 Å². The van der Waals surface area contributed by atoms with Crippen LogP contribution in [-0.2, 0) is 17.6 Å². The second kappa shape index (κ2) is 5.79. The monoisotopic (exact) mass is 230 g/mol. The summed E-state index contributed by atoms with van der Waals surface area (Å²) in [5.74, 6) is 0.0116. The van der Waals surface area contributed by atoms with Crippen molar-refractivity contribution in [2.24, 2.45) is 0 Å². The molecule has 2 aromatic heterocycles. The summed E-state index contributed by atoms with van der Waals surface area (Å²) >= 11 is 0. The zero-order valence-corrected chi connectivity index (χ0v) is 9.39. The van der Waals surface area contributed by atoms with Crippen LogP contribution < -0.4 is 5.32 Å². The van der Waals surface area contributed by atoms with E-state index in [-0.39, 0.29) is 5.91 Å². The number of carbonyl (C=O) groups excluding carboxylic acids is 1. The van der Waals surface area contributed by atoms with Crippen LogP contribution in [0.3, 0.4) is 0 Å². The number of aromatic nitrogens is 3. The number of hydrogen-bond donors (Lipinski definition) is 2. The lowest BCUT2D eigenvalue weighted by atomic mass is 10.2. The summed E-state index contributed by atoms with van der Waals surface area (Å²) in [5, 5.41) is 2.85. The van der Waals surface area contributed by atoms with Gasteiger partial charge in [-0.05, 0) is 11.6 Å². The van der Waals surface area contributed by atoms with Crippen molar-refractivity contribution >= 4 is 5.91 Å². The Hall–Kier alpha value is -2.17. The SMILES string of the molecule is O=C(Cc1cccnc1)NCCc1cnc[nH]1. The van der Waals surface area contributed by atoms with E-state index in [1.54, 1.807) is 24.9 Å². The molecule has 17 heavy (non-hydrogen) atoms. The van der Waals surface area contributed by atoms with E-state index >= 15 is 0 Å². The Labute approximate surface area is 99.3 Å². The molecule has 2 N–H and O–H groups in total. The molecule has 1 amide bonds. The highest BCUT2D eigenvalue weighted by atomic mass is 16.1. The smallest absolute Gasteiger partial charge is 0.224 e. The van der Waals surface area contributed by atoms with Crippen molar-refractivity contribution in [3.8, 4) is 0 Å². The summed E-state index contributed by atoms with van der Waals surface area (Å²) < 4.78 is 0. The standard InChI is InChI=1S/C12H14N4O/c17-12(6-10-2-1-4-13-7-10)15-5-3-11-8-14-9-16-11/h1-2,4,7-9H,3,5-6H2,(H,14,16)(H,15,17). The number of pyridine rings is 1. The van der Waals surface area contributed by atoms with Gasteiger partial charge >= 0.3 is 0 Å². The van der Waals surface area contributed by atoms with Gasteiger partial charge in [-0.25, -0.2) is 4.98 Å². The maximum Gasteiger partial charge on any atom is 0.224 e. The van der Waals surface area contributed by atoms with E-state index in [0.29, 0.717) is 13.0 Å². The minimum Gasteiger partial charge on any atom is -0.355 e. The summed E-state index contributed by atoms with van der Waals surface area (Å²) in [5.41, 5.74) is 1.94. The molecule has 88 valence electrons. The van der Waals surface area contributed by atoms with E-state index in [2.05, 4.69) is 20.3 Å². The predicted molar refractivity (Wildman–Crippen MR) is 63.2 cm³/mol. The number of aromatic amines is 1. The van der Waals surface area contributed by atoms with E-state index in [9.17, 15) is 4.79 Å². The molecule has 0 aromatic carbocycles. The third-order valence-electron chi connectivity index (χ3n) is 2.36. The largest absolute Gasteiger partial charge is 0.355 e. The minimum absolute atomic E-state index is 0.0116. The summed E-state index contributed by atoms with van der Waals surface area (Å²) in [4.78, 5) is 22.4. The predicted octanol–water partition coefficient (Wildman–Crippen LogP) is 0.706. The second-order valence-corrected chi connectivity index (χ2v) is 3.71. The Bertz CT molecular complexity index is 453. The Morgan fingerprint density at radius 3 is 3.00 bits per heavy atom. The van der Waals surface area contributed by atoms with Gasteiger partial charge in [0.15, 0.2) is 0 Å². The molecule has 2 rings (SSSR count). The highest BCUT2D eigenvalue weighted by Gasteiger charge is 2.02. The number of nitrogens with zero attached hydrogens (tertiary/aromatic N) is 2. The number of nitrogens with one attached hydrogen (secondary N) is 2. The number of rotatable bonds is 5. The molecule has 0 aliphatic rings. The van der Waals surface area contributed by atoms with Gasteiger partial charge in [0.05, 0.1) is 12.7 Å². The van der Waals surface area contributed by atoms with Crippen LogP contribution in [0.15, 0.2) is 37.1 Å². The van der Waals surface area contributed by atoms with Crippen molar-refractivity contribution in [1.82, 2.24) is 20.3 Å². The molecule has 2 heterocycles. The highest BCUT2D eigenvalue weighted by molar-refractivity contribution is 5.78. The Morgan fingerprint density at radius 2 is 2.29 bits per heavy atom. The van der Waals surface area contributed by atoms with Crippen LogP contribution in [0, 0.1) is 0 Å². The Balaban J connectivity index is 1.71. The van der Waals surface area contributed by atoms with Gasteiger partial charge in [-0.1, -0.05) is 6.07 Å². The molecule has 0 unspecified atom stereocenters. The first-order valence-electron chi connectivity index (χ1n) is 5.47. The molecule has 0 fully saturated rings. The fourth-order valence-electron chi connectivity index (χ4n) is 1.51. The van der Waals surface area contributed by atoms with Crippen LogP contribution in [0.4, 0.5) is 0 Å². The van der Waals surface area contributed by atoms with Gasteiger partial charge in [-0.3, -0.25) is 9.78 Å². The van der Waals surface area contributed by atoms with E-state index in [0.717, 1.165) is 17.7 Å². The normalized spacial score (nSPS) is 10.1. The zero-order chi connectivity index (χ0) is 11.9. The van der Waals surface area contributed by atoms with Gasteiger partial charge in [-0.15, -0.1) is 0 Å². The average Bonchev–Trinajstić information content (AvgIpc) is 2.83. The van der Waals surface area contributed by atoms with Crippen LogP contribution >= 0.6 is 0 Å². The molecule has 5 nitrogen and oxygen atoms in total. The molecule has 0 saturated heterocycles. The van der Waals surface area contributed by atoms with Crippen molar-refractivity contribution in [2.45, 2.75) is 12.8 Å². The molecule has 0 radical (unpaired) electrons. The summed E-state index contributed by atoms with van der Waals surface area (Å²) in [6.07, 6.45) is 7.92. The fourth-order valence-corrected chi connectivity index (χ4v) is 1.51. The van der Waals surface area contributed by atoms with Gasteiger partial charge in [0, 0.05) is 37.3 Å². The number of imidazole rings is 1. The van der Waals surface area contributed by atoms with Crippen molar-refractivity contribution < 1.29 is 4.79 Å². The Kier molecular flexibility index (Phi) is 3.85. The van der Waals surface area contributed by atoms with Crippen LogP contribution in [0.5, 0.6) is 0 Å². The third kappa shape index (κ3) is 3.71. The second-order valence-electron chi connectivity index (χ2n) is 3.71. The number of H-pyrrole nitrogens is 1. The zero-order valence-electron chi connectivity index (χ0n) is 9.39. The lowest BCUT2D eigenvalue weighted by Gasteiger charge is -2.03. The van der Waals surface area contributed by atoms with E-state index < -0.39 is 0 Å². The minimum atomic E-state index is 0.0116. The molecule has 0 aliphatic carbocycles. The van der Waals surface area contributed by atoms with Gasteiger partial charge in [0.25, 0.3) is 0 Å². The summed E-state index contributed by atoms with van der Waals surface area (Å²) in [7, 11) is 0. The average molecular weight is 230 g/mol. The van der Waals surface area contributed by atoms with Crippen molar-refractivity contribution in [1.29, 1.82) is 0 Å². The first-order chi connectivity index (χ1) is 8.34. The Morgan fingerprint density at radius 1 is 1.35 bits per heavy atom. The molecule has 0 bridgehead atoms. The van der Waals surface area contributed by atoms with Gasteiger partial charge in [0.2, 0.25) is 5.91 Å². The van der Waals surface area contributed by atoms with E-state index in [1.807, 2.05) is 12.1 Å². The van der Waals surface area contributed by atoms with E-state index in [1.165, 1.54) is 0 Å². The molecular formula is C12H14N4O. The first kappa shape index (κ1) is 11.3. The van der Waals surface area contributed by atoms with Gasteiger partial charge in [-0.2, -0.15) is 0 Å². The maximum atomic E-state index is 11.6. The number of amides is 1. The molecule has 0 atom stereocenters. The van der Waals surface area contributed by atoms with Crippen molar-refractivity contribution in [3.63, 3.8) is 0 Å². The lowest BCUT2D eigenvalue weighted by molar-refractivity contribution is -0.120. The molecule has 2 aromatic rings. The molecule has 5 heteroatoms. The molecular weight excluding hydrogens is 216 g/mol. The van der Waals surface area contributed by atoms with Crippen LogP contribution in [0.2, 0.25) is 0 Å². The van der Waals surface area contributed by atoms with Gasteiger partial charge in [0.1, 0.15) is 0 Å². The summed E-state index contributed by atoms with van der Waals surface area (Å²) in [6, 6.07) is 3.72. The number of hydrogen-bond acceptors (Lipinski definition) is 3. The quantitative estimate of drug-likeness (QED) is 0.794. The van der Waals surface area contributed by atoms with Crippen LogP contribution in [0.1, 0.15) is 11.3 Å². The number of carbonyl (C=O) groups is 1. The highest BCUT2D eigenvalue weighted by Crippen LogP contribution is 1.97. The fraction of sp³-hybridized carbons (Fsp3) is 0.250. The topological polar surface area (TPSA) is 70.7 Å². The van der Waals surface area contributed by atoms with Gasteiger partial charge < -0.3 is 10.3 Å². The van der Waals surface area contributed by atoms with Crippen molar-refractivity contribution in [3.05, 3.63) is 48.3 Å². The first-order valence-corrected chi connectivity index (χ1v) is 5.47. The third-order valence-corrected chi connectivity index (χ3v) is 2.36. The summed E-state index contributed by atoms with van der Waals surface area (Å²) in [6.45, 7) is 0.612.